The van der Waals surface area contributed by atoms with Gasteiger partial charge in [0.25, 0.3) is 0 Å². The van der Waals surface area contributed by atoms with E-state index in [1.54, 1.807) is 0 Å². The molecule has 0 aromatic heterocycles. The second-order valence-electron chi connectivity index (χ2n) is 7.27. The molecule has 6 nitrogen and oxygen atoms in total. The fourth-order valence-corrected chi connectivity index (χ4v) is 3.93. The molecular weight excluding hydrogens is 366 g/mol. The van der Waals surface area contributed by atoms with Gasteiger partial charge in [-0.1, -0.05) is 55.5 Å². The first-order valence-corrected chi connectivity index (χ1v) is 10.1. The van der Waals surface area contributed by atoms with Gasteiger partial charge in [-0.3, -0.25) is 9.69 Å². The zero-order valence-electron chi connectivity index (χ0n) is 17.1. The molecule has 29 heavy (non-hydrogen) atoms. The van der Waals surface area contributed by atoms with E-state index < -0.39 is 6.09 Å². The zero-order valence-corrected chi connectivity index (χ0v) is 17.1. The van der Waals surface area contributed by atoms with E-state index in [1.165, 1.54) is 12.7 Å². The summed E-state index contributed by atoms with van der Waals surface area (Å²) < 4.78 is 4.86. The number of para-hydroxylation sites is 1. The molecule has 1 fully saturated rings. The van der Waals surface area contributed by atoms with E-state index in [4.69, 9.17) is 4.74 Å². The summed E-state index contributed by atoms with van der Waals surface area (Å²) in [5.74, 6) is 0.0503. The van der Waals surface area contributed by atoms with Crippen LogP contribution in [0.3, 0.4) is 0 Å². The van der Waals surface area contributed by atoms with Gasteiger partial charge < -0.3 is 15.0 Å². The van der Waals surface area contributed by atoms with Crippen molar-refractivity contribution < 1.29 is 14.3 Å². The highest BCUT2D eigenvalue weighted by Gasteiger charge is 2.37. The van der Waals surface area contributed by atoms with Crippen LogP contribution in [0.4, 0.5) is 10.5 Å². The largest absolute Gasteiger partial charge is 0.453 e. The first kappa shape index (κ1) is 20.9. The van der Waals surface area contributed by atoms with Gasteiger partial charge in [-0.15, -0.1) is 0 Å². The van der Waals surface area contributed by atoms with Crippen LogP contribution >= 0.6 is 0 Å². The summed E-state index contributed by atoms with van der Waals surface area (Å²) in [5, 5.41) is 2.97. The standard InChI is InChI=1S/C23H29N3O3/c1-3-22(27)26(19-12-8-5-9-13-19)21-14-15-25(16-18-10-6-4-7-11-18)17-20(21)24-23(28)29-2/h4-13,20-21H,3,14-17H2,1-2H3,(H,24,28)/t20-,21-/m0/s1. The number of ether oxygens (including phenoxy) is 1. The van der Waals surface area contributed by atoms with Gasteiger partial charge in [0.2, 0.25) is 5.91 Å². The Morgan fingerprint density at radius 2 is 1.76 bits per heavy atom. The van der Waals surface area contributed by atoms with Crippen molar-refractivity contribution in [2.24, 2.45) is 0 Å². The van der Waals surface area contributed by atoms with Crippen LogP contribution in [0.25, 0.3) is 0 Å². The summed E-state index contributed by atoms with van der Waals surface area (Å²) >= 11 is 0. The Hall–Kier alpha value is -2.86. The normalized spacial score (nSPS) is 19.4. The topological polar surface area (TPSA) is 61.9 Å². The van der Waals surface area contributed by atoms with Gasteiger partial charge >= 0.3 is 6.09 Å². The van der Waals surface area contributed by atoms with Gasteiger partial charge in [0.15, 0.2) is 0 Å². The highest BCUT2D eigenvalue weighted by Crippen LogP contribution is 2.26. The lowest BCUT2D eigenvalue weighted by molar-refractivity contribution is -0.119. The van der Waals surface area contributed by atoms with E-state index in [-0.39, 0.29) is 18.0 Å². The van der Waals surface area contributed by atoms with Gasteiger partial charge in [-0.25, -0.2) is 4.79 Å². The molecule has 1 N–H and O–H groups in total. The van der Waals surface area contributed by atoms with Crippen LogP contribution in [0.2, 0.25) is 0 Å². The third-order valence-electron chi connectivity index (χ3n) is 5.34. The number of nitrogens with zero attached hydrogens (tertiary/aromatic N) is 2. The first-order valence-electron chi connectivity index (χ1n) is 10.1. The number of amides is 2. The van der Waals surface area contributed by atoms with E-state index >= 15 is 0 Å². The lowest BCUT2D eigenvalue weighted by Gasteiger charge is -2.44. The summed E-state index contributed by atoms with van der Waals surface area (Å²) in [7, 11) is 1.36. The molecule has 0 spiro atoms. The number of nitrogens with one attached hydrogen (secondary N) is 1. The van der Waals surface area contributed by atoms with Gasteiger partial charge in [-0.05, 0) is 24.1 Å². The van der Waals surface area contributed by atoms with Crippen LogP contribution in [0.1, 0.15) is 25.3 Å². The molecule has 1 heterocycles. The predicted molar refractivity (Wildman–Crippen MR) is 114 cm³/mol. The number of hydrogen-bond donors (Lipinski definition) is 1. The summed E-state index contributed by atoms with van der Waals surface area (Å²) in [6.45, 7) is 4.17. The molecule has 0 radical (unpaired) electrons. The maximum Gasteiger partial charge on any atom is 0.407 e. The van der Waals surface area contributed by atoms with Crippen molar-refractivity contribution >= 4 is 17.7 Å². The summed E-state index contributed by atoms with van der Waals surface area (Å²) in [5.41, 5.74) is 2.09. The van der Waals surface area contributed by atoms with Crippen LogP contribution in [-0.4, -0.2) is 49.2 Å². The molecule has 3 rings (SSSR count). The number of carbonyl (C=O) groups excluding carboxylic acids is 2. The number of anilines is 1. The molecule has 6 heteroatoms. The zero-order chi connectivity index (χ0) is 20.6. The molecule has 2 amide bonds. The molecule has 0 unspecified atom stereocenters. The number of benzene rings is 2. The van der Waals surface area contributed by atoms with Crippen molar-refractivity contribution in [1.82, 2.24) is 10.2 Å². The fourth-order valence-electron chi connectivity index (χ4n) is 3.93. The van der Waals surface area contributed by atoms with Crippen LogP contribution < -0.4 is 10.2 Å². The second-order valence-corrected chi connectivity index (χ2v) is 7.27. The lowest BCUT2D eigenvalue weighted by atomic mass is 9.95. The molecule has 0 saturated carbocycles. The summed E-state index contributed by atoms with van der Waals surface area (Å²) in [4.78, 5) is 29.0. The van der Waals surface area contributed by atoms with E-state index in [2.05, 4.69) is 22.3 Å². The van der Waals surface area contributed by atoms with E-state index in [1.807, 2.05) is 60.4 Å². The van der Waals surface area contributed by atoms with Gasteiger partial charge in [0, 0.05) is 31.7 Å². The smallest absolute Gasteiger partial charge is 0.407 e. The average molecular weight is 396 g/mol. The second kappa shape index (κ2) is 10.1. The van der Waals surface area contributed by atoms with Crippen molar-refractivity contribution in [2.45, 2.75) is 38.4 Å². The minimum absolute atomic E-state index is 0.0503. The van der Waals surface area contributed by atoms with Crippen molar-refractivity contribution in [1.29, 1.82) is 0 Å². The minimum Gasteiger partial charge on any atom is -0.453 e. The SMILES string of the molecule is CCC(=O)N(c1ccccc1)[C@H]1CCN(Cc2ccccc2)C[C@@H]1NC(=O)OC. The minimum atomic E-state index is -0.474. The maximum absolute atomic E-state index is 12.9. The number of methoxy groups -OCH3 is 1. The number of rotatable bonds is 6. The Morgan fingerprint density at radius 1 is 1.10 bits per heavy atom. The number of likely N-dealkylation sites (tertiary alicyclic amines) is 1. The van der Waals surface area contributed by atoms with Gasteiger partial charge in [-0.2, -0.15) is 0 Å². The van der Waals surface area contributed by atoms with Crippen LogP contribution in [0, 0.1) is 0 Å². The van der Waals surface area contributed by atoms with Crippen LogP contribution in [-0.2, 0) is 16.1 Å². The van der Waals surface area contributed by atoms with E-state index in [0.717, 1.165) is 25.2 Å². The third kappa shape index (κ3) is 5.35. The predicted octanol–water partition coefficient (Wildman–Crippen LogP) is 3.43. The number of hydrogen-bond acceptors (Lipinski definition) is 4. The van der Waals surface area contributed by atoms with E-state index in [0.29, 0.717) is 13.0 Å². The maximum atomic E-state index is 12.9. The Bertz CT molecular complexity index is 798. The highest BCUT2D eigenvalue weighted by molar-refractivity contribution is 5.94. The fraction of sp³-hybridized carbons (Fsp3) is 0.391. The molecule has 1 aliphatic heterocycles. The lowest BCUT2D eigenvalue weighted by Crippen LogP contribution is -2.61. The quantitative estimate of drug-likeness (QED) is 0.814. The van der Waals surface area contributed by atoms with Crippen molar-refractivity contribution in [3.8, 4) is 0 Å². The molecular formula is C23H29N3O3. The Kier molecular flexibility index (Phi) is 7.25. The van der Waals surface area contributed by atoms with Gasteiger partial charge in [0.1, 0.15) is 0 Å². The van der Waals surface area contributed by atoms with Crippen LogP contribution in [0.15, 0.2) is 60.7 Å². The molecule has 2 atom stereocenters. The molecule has 2 aromatic carbocycles. The Labute approximate surface area is 172 Å². The third-order valence-corrected chi connectivity index (χ3v) is 5.34. The molecule has 0 aliphatic carbocycles. The number of piperidine rings is 1. The molecule has 1 aliphatic rings. The Morgan fingerprint density at radius 3 is 2.38 bits per heavy atom. The Balaban J connectivity index is 1.83. The van der Waals surface area contributed by atoms with Gasteiger partial charge in [0.05, 0.1) is 19.2 Å². The summed E-state index contributed by atoms with van der Waals surface area (Å²) in [6, 6.07) is 19.6. The first-order chi connectivity index (χ1) is 14.1. The highest BCUT2D eigenvalue weighted by atomic mass is 16.5. The number of alkyl carbamates (subject to hydrolysis) is 1. The number of carbonyl (C=O) groups is 2. The average Bonchev–Trinajstić information content (AvgIpc) is 2.76. The van der Waals surface area contributed by atoms with Crippen molar-refractivity contribution in [2.75, 3.05) is 25.1 Å². The van der Waals surface area contributed by atoms with E-state index in [9.17, 15) is 9.59 Å². The van der Waals surface area contributed by atoms with Crippen LogP contribution in [0.5, 0.6) is 0 Å². The molecule has 0 bridgehead atoms. The molecule has 1 saturated heterocycles. The van der Waals surface area contributed by atoms with Crippen molar-refractivity contribution in [3.63, 3.8) is 0 Å². The summed E-state index contributed by atoms with van der Waals surface area (Å²) in [6.07, 6.45) is 0.699. The molecule has 2 aromatic rings. The molecule has 154 valence electrons. The monoisotopic (exact) mass is 395 g/mol. The van der Waals surface area contributed by atoms with Crippen molar-refractivity contribution in [3.05, 3.63) is 66.2 Å².